The van der Waals surface area contributed by atoms with Gasteiger partial charge in [0, 0.05) is 6.54 Å². The Morgan fingerprint density at radius 1 is 1.21 bits per heavy atom. The van der Waals surface area contributed by atoms with Crippen LogP contribution in [0.4, 0.5) is 0 Å². The lowest BCUT2D eigenvalue weighted by Gasteiger charge is -2.29. The number of nitrogens with zero attached hydrogens (tertiary/aromatic N) is 2. The van der Waals surface area contributed by atoms with E-state index in [1.54, 1.807) is 14.2 Å². The highest BCUT2D eigenvalue weighted by Gasteiger charge is 2.23. The van der Waals surface area contributed by atoms with Gasteiger partial charge in [-0.05, 0) is 51.1 Å². The van der Waals surface area contributed by atoms with E-state index in [0.29, 0.717) is 12.3 Å². The highest BCUT2D eigenvalue weighted by atomic mass is 16.5. The molecule has 0 heterocycles. The molecule has 4 nitrogen and oxygen atoms in total. The molecule has 0 atom stereocenters. The molecule has 0 unspecified atom stereocenters. The Morgan fingerprint density at radius 2 is 1.74 bits per heavy atom. The summed E-state index contributed by atoms with van der Waals surface area (Å²) in [6.45, 7) is 6.53. The molecule has 0 N–H and O–H groups in total. The van der Waals surface area contributed by atoms with Gasteiger partial charge in [-0.3, -0.25) is 4.90 Å². The van der Waals surface area contributed by atoms with Crippen LogP contribution in [-0.2, 0) is 6.54 Å². The average Bonchev–Trinajstić information content (AvgIpc) is 2.40. The lowest BCUT2D eigenvalue weighted by Crippen LogP contribution is -2.39. The van der Waals surface area contributed by atoms with Gasteiger partial charge in [0.2, 0.25) is 0 Å². The maximum absolute atomic E-state index is 9.16. The van der Waals surface area contributed by atoms with Crippen LogP contribution in [0.3, 0.4) is 0 Å². The van der Waals surface area contributed by atoms with Crippen molar-refractivity contribution >= 4 is 0 Å². The van der Waals surface area contributed by atoms with E-state index in [-0.39, 0.29) is 0 Å². The zero-order chi connectivity index (χ0) is 14.6. The van der Waals surface area contributed by atoms with E-state index in [1.165, 1.54) is 0 Å². The number of aryl methyl sites for hydroxylation is 1. The van der Waals surface area contributed by atoms with Crippen LogP contribution in [0, 0.1) is 18.3 Å². The molecule has 0 aliphatic carbocycles. The fourth-order valence-electron chi connectivity index (χ4n) is 1.73. The summed E-state index contributed by atoms with van der Waals surface area (Å²) in [4.78, 5) is 2.02. The minimum atomic E-state index is -0.500. The van der Waals surface area contributed by atoms with E-state index in [9.17, 15) is 0 Å². The molecule has 0 bridgehead atoms. The van der Waals surface area contributed by atoms with Crippen molar-refractivity contribution in [1.29, 1.82) is 5.26 Å². The Kier molecular flexibility index (Phi) is 4.79. The summed E-state index contributed by atoms with van der Waals surface area (Å²) in [5.41, 5.74) is 1.75. The Balaban J connectivity index is 3.06. The topological polar surface area (TPSA) is 45.5 Å². The zero-order valence-electron chi connectivity index (χ0n) is 12.6. The summed E-state index contributed by atoms with van der Waals surface area (Å²) in [6.07, 6.45) is 0. The molecule has 0 aliphatic rings. The summed E-state index contributed by atoms with van der Waals surface area (Å²) in [6, 6.07) is 6.23. The molecule has 0 saturated carbocycles. The molecule has 0 amide bonds. The summed E-state index contributed by atoms with van der Waals surface area (Å²) >= 11 is 0. The van der Waals surface area contributed by atoms with Gasteiger partial charge in [-0.15, -0.1) is 0 Å². The second-order valence-corrected chi connectivity index (χ2v) is 5.16. The van der Waals surface area contributed by atoms with Crippen LogP contribution >= 0.6 is 0 Å². The molecule has 0 fully saturated rings. The number of benzene rings is 1. The van der Waals surface area contributed by atoms with Crippen LogP contribution in [0.5, 0.6) is 11.5 Å². The van der Waals surface area contributed by atoms with Crippen LogP contribution in [0.15, 0.2) is 12.1 Å². The zero-order valence-corrected chi connectivity index (χ0v) is 12.6. The van der Waals surface area contributed by atoms with Crippen LogP contribution in [0.25, 0.3) is 0 Å². The third-order valence-electron chi connectivity index (χ3n) is 3.48. The van der Waals surface area contributed by atoms with Crippen molar-refractivity contribution in [3.05, 3.63) is 23.3 Å². The number of ether oxygens (including phenoxy) is 2. The minimum absolute atomic E-state index is 0.500. The fraction of sp³-hybridized carbons (Fsp3) is 0.533. The second kappa shape index (κ2) is 5.94. The van der Waals surface area contributed by atoms with Crippen molar-refractivity contribution in [3.8, 4) is 17.6 Å². The van der Waals surface area contributed by atoms with Gasteiger partial charge in [0.05, 0.1) is 20.3 Å². The first kappa shape index (κ1) is 15.3. The molecule has 1 aromatic carbocycles. The maximum Gasteiger partial charge on any atom is 0.161 e. The van der Waals surface area contributed by atoms with Gasteiger partial charge in [-0.2, -0.15) is 5.26 Å². The first-order valence-electron chi connectivity index (χ1n) is 6.19. The molecule has 19 heavy (non-hydrogen) atoms. The van der Waals surface area contributed by atoms with Crippen molar-refractivity contribution in [2.75, 3.05) is 21.3 Å². The van der Waals surface area contributed by atoms with Crippen molar-refractivity contribution in [2.24, 2.45) is 0 Å². The summed E-state index contributed by atoms with van der Waals surface area (Å²) < 4.78 is 10.6. The van der Waals surface area contributed by atoms with Crippen molar-refractivity contribution in [3.63, 3.8) is 0 Å². The second-order valence-electron chi connectivity index (χ2n) is 5.16. The van der Waals surface area contributed by atoms with Gasteiger partial charge in [-0.1, -0.05) is 0 Å². The lowest BCUT2D eigenvalue weighted by atomic mass is 10.0. The first-order valence-corrected chi connectivity index (χ1v) is 6.19. The van der Waals surface area contributed by atoms with Crippen LogP contribution < -0.4 is 9.47 Å². The highest BCUT2D eigenvalue weighted by molar-refractivity contribution is 5.47. The molecular weight excluding hydrogens is 240 g/mol. The molecule has 0 radical (unpaired) electrons. The predicted octanol–water partition coefficient (Wildman–Crippen LogP) is 2.75. The molecular formula is C15H22N2O2. The number of hydrogen-bond donors (Lipinski definition) is 0. The monoisotopic (exact) mass is 262 g/mol. The lowest BCUT2D eigenvalue weighted by molar-refractivity contribution is 0.202. The summed E-state index contributed by atoms with van der Waals surface area (Å²) in [5, 5.41) is 9.16. The van der Waals surface area contributed by atoms with E-state index in [1.807, 2.05) is 44.9 Å². The SMILES string of the molecule is COc1cc(C)c(CN(C)C(C)(C)C#N)cc1OC. The van der Waals surface area contributed by atoms with Crippen LogP contribution in [-0.4, -0.2) is 31.7 Å². The van der Waals surface area contributed by atoms with Gasteiger partial charge in [0.1, 0.15) is 5.54 Å². The number of methoxy groups -OCH3 is 2. The Labute approximate surface area is 115 Å². The standard InChI is InChI=1S/C15H22N2O2/c1-11-7-13(18-5)14(19-6)8-12(11)9-17(4)15(2,3)10-16/h7-8H,9H2,1-6H3. The van der Waals surface area contributed by atoms with Gasteiger partial charge in [-0.25, -0.2) is 0 Å². The normalized spacial score (nSPS) is 11.3. The van der Waals surface area contributed by atoms with Gasteiger partial charge >= 0.3 is 0 Å². The molecule has 4 heteroatoms. The van der Waals surface area contributed by atoms with Crippen LogP contribution in [0.2, 0.25) is 0 Å². The summed E-state index contributed by atoms with van der Waals surface area (Å²) in [5.74, 6) is 1.44. The largest absolute Gasteiger partial charge is 0.493 e. The fourth-order valence-corrected chi connectivity index (χ4v) is 1.73. The third kappa shape index (κ3) is 3.39. The van der Waals surface area contributed by atoms with E-state index < -0.39 is 5.54 Å². The van der Waals surface area contributed by atoms with Crippen molar-refractivity contribution < 1.29 is 9.47 Å². The number of hydrogen-bond acceptors (Lipinski definition) is 4. The predicted molar refractivity (Wildman–Crippen MR) is 75.4 cm³/mol. The van der Waals surface area contributed by atoms with Crippen molar-refractivity contribution in [1.82, 2.24) is 4.90 Å². The number of rotatable bonds is 5. The Morgan fingerprint density at radius 3 is 2.21 bits per heavy atom. The molecule has 0 saturated heterocycles. The molecule has 1 rings (SSSR count). The summed E-state index contributed by atoms with van der Waals surface area (Å²) in [7, 11) is 5.20. The first-order chi connectivity index (χ1) is 8.85. The van der Waals surface area contributed by atoms with E-state index in [0.717, 1.165) is 16.9 Å². The molecule has 0 aliphatic heterocycles. The Hall–Kier alpha value is -1.73. The van der Waals surface area contributed by atoms with Gasteiger partial charge in [0.25, 0.3) is 0 Å². The van der Waals surface area contributed by atoms with E-state index >= 15 is 0 Å². The average molecular weight is 262 g/mol. The number of nitriles is 1. The highest BCUT2D eigenvalue weighted by Crippen LogP contribution is 2.31. The van der Waals surface area contributed by atoms with Crippen LogP contribution in [0.1, 0.15) is 25.0 Å². The Bertz CT molecular complexity index is 490. The van der Waals surface area contributed by atoms with Gasteiger partial charge in [0.15, 0.2) is 11.5 Å². The van der Waals surface area contributed by atoms with E-state index in [2.05, 4.69) is 6.07 Å². The molecule has 104 valence electrons. The third-order valence-corrected chi connectivity index (χ3v) is 3.48. The molecule has 0 aromatic heterocycles. The van der Waals surface area contributed by atoms with Crippen molar-refractivity contribution in [2.45, 2.75) is 32.9 Å². The quantitative estimate of drug-likeness (QED) is 0.818. The smallest absolute Gasteiger partial charge is 0.161 e. The van der Waals surface area contributed by atoms with E-state index in [4.69, 9.17) is 14.7 Å². The maximum atomic E-state index is 9.16. The molecule has 1 aromatic rings. The molecule has 0 spiro atoms. The van der Waals surface area contributed by atoms with Gasteiger partial charge < -0.3 is 9.47 Å². The minimum Gasteiger partial charge on any atom is -0.493 e.